The number of hydrogen-bond donors (Lipinski definition) is 1. The molecule has 24 heavy (non-hydrogen) atoms. The van der Waals surface area contributed by atoms with E-state index in [4.69, 9.17) is 5.11 Å². The Morgan fingerprint density at radius 1 is 1.04 bits per heavy atom. The average Bonchev–Trinajstić information content (AvgIpc) is 2.88. The number of likely N-dealkylation sites (tertiary alicyclic amines) is 1. The maximum absolute atomic E-state index is 12.9. The van der Waals surface area contributed by atoms with Gasteiger partial charge in [-0.15, -0.1) is 0 Å². The van der Waals surface area contributed by atoms with Crippen molar-refractivity contribution in [2.45, 2.75) is 31.7 Å². The van der Waals surface area contributed by atoms with E-state index >= 15 is 0 Å². The molecule has 1 fully saturated rings. The van der Waals surface area contributed by atoms with Crippen molar-refractivity contribution in [1.82, 2.24) is 19.9 Å². The van der Waals surface area contributed by atoms with Gasteiger partial charge in [0.25, 0.3) is 5.91 Å². The maximum atomic E-state index is 12.9. The van der Waals surface area contributed by atoms with Crippen molar-refractivity contribution < 1.29 is 14.7 Å². The van der Waals surface area contributed by atoms with E-state index in [0.717, 1.165) is 37.4 Å². The Morgan fingerprint density at radius 3 is 2.42 bits per heavy atom. The molecule has 1 unspecified atom stereocenters. The molecule has 0 bridgehead atoms. The molecule has 0 radical (unpaired) electrons. The predicted molar refractivity (Wildman–Crippen MR) is 85.5 cm³/mol. The molecule has 2 aromatic rings. The molecule has 7 heteroatoms. The Balaban J connectivity index is 1.88. The zero-order chi connectivity index (χ0) is 16.9. The molecule has 3 heterocycles. The van der Waals surface area contributed by atoms with Gasteiger partial charge in [-0.1, -0.05) is 12.8 Å². The molecule has 0 saturated carbocycles. The summed E-state index contributed by atoms with van der Waals surface area (Å²) in [6.45, 7) is 0.647. The monoisotopic (exact) mass is 326 g/mol. The lowest BCUT2D eigenvalue weighted by Crippen LogP contribution is -2.35. The van der Waals surface area contributed by atoms with E-state index < -0.39 is 5.97 Å². The summed E-state index contributed by atoms with van der Waals surface area (Å²) in [5.41, 5.74) is 1.05. The Morgan fingerprint density at radius 2 is 1.75 bits per heavy atom. The Hall–Kier alpha value is -2.83. The average molecular weight is 326 g/mol. The first-order chi connectivity index (χ1) is 11.7. The minimum absolute atomic E-state index is 0.0241. The molecule has 0 aromatic carbocycles. The van der Waals surface area contributed by atoms with Crippen LogP contribution in [0.1, 0.15) is 58.3 Å². The summed E-state index contributed by atoms with van der Waals surface area (Å²) in [6.07, 6.45) is 9.77. The molecule has 1 N–H and O–H groups in total. The summed E-state index contributed by atoms with van der Waals surface area (Å²) in [7, 11) is 0. The number of carbonyl (C=O) groups excluding carboxylic acids is 1. The van der Waals surface area contributed by atoms with Crippen molar-refractivity contribution in [1.29, 1.82) is 0 Å². The van der Waals surface area contributed by atoms with Gasteiger partial charge < -0.3 is 10.0 Å². The molecule has 1 aliphatic rings. The second-order valence-electron chi connectivity index (χ2n) is 5.74. The zero-order valence-corrected chi connectivity index (χ0v) is 13.1. The first-order valence-electron chi connectivity index (χ1n) is 7.93. The van der Waals surface area contributed by atoms with Crippen LogP contribution in [0.4, 0.5) is 0 Å². The lowest BCUT2D eigenvalue weighted by molar-refractivity contribution is 0.0663. The van der Waals surface area contributed by atoms with E-state index in [9.17, 15) is 9.59 Å². The van der Waals surface area contributed by atoms with Crippen LogP contribution in [0.2, 0.25) is 0 Å². The Kier molecular flexibility index (Phi) is 4.79. The molecule has 3 rings (SSSR count). The molecule has 0 spiro atoms. The minimum atomic E-state index is -1.16. The van der Waals surface area contributed by atoms with E-state index in [1.807, 2.05) is 17.0 Å². The van der Waals surface area contributed by atoms with Crippen LogP contribution < -0.4 is 0 Å². The van der Waals surface area contributed by atoms with Gasteiger partial charge in [-0.05, 0) is 30.5 Å². The molecule has 1 atom stereocenters. The summed E-state index contributed by atoms with van der Waals surface area (Å²) < 4.78 is 0. The Bertz CT molecular complexity index is 718. The fourth-order valence-corrected chi connectivity index (χ4v) is 2.98. The molecule has 1 saturated heterocycles. The fourth-order valence-electron chi connectivity index (χ4n) is 2.98. The van der Waals surface area contributed by atoms with Crippen molar-refractivity contribution >= 4 is 11.9 Å². The molecule has 1 amide bonds. The molecule has 1 aliphatic heterocycles. The molecule has 124 valence electrons. The van der Waals surface area contributed by atoms with Gasteiger partial charge in [0.1, 0.15) is 5.69 Å². The van der Waals surface area contributed by atoms with Crippen molar-refractivity contribution in [3.8, 4) is 0 Å². The van der Waals surface area contributed by atoms with Crippen LogP contribution in [-0.4, -0.2) is 43.4 Å². The van der Waals surface area contributed by atoms with E-state index in [2.05, 4.69) is 15.0 Å². The maximum Gasteiger partial charge on any atom is 0.356 e. The number of aromatic carboxylic acids is 1. The van der Waals surface area contributed by atoms with Crippen LogP contribution in [0.5, 0.6) is 0 Å². The van der Waals surface area contributed by atoms with E-state index in [1.165, 1.54) is 6.20 Å². The highest BCUT2D eigenvalue weighted by atomic mass is 16.4. The predicted octanol–water partition coefficient (Wildman–Crippen LogP) is 2.33. The van der Waals surface area contributed by atoms with Crippen LogP contribution >= 0.6 is 0 Å². The lowest BCUT2D eigenvalue weighted by atomic mass is 10.0. The highest BCUT2D eigenvalue weighted by Gasteiger charge is 2.28. The summed E-state index contributed by atoms with van der Waals surface area (Å²) in [5, 5.41) is 8.89. The van der Waals surface area contributed by atoms with Crippen LogP contribution in [-0.2, 0) is 0 Å². The van der Waals surface area contributed by atoms with E-state index in [0.29, 0.717) is 6.54 Å². The Labute approximate surface area is 139 Å². The molecule has 7 nitrogen and oxygen atoms in total. The molecule has 2 aromatic heterocycles. The van der Waals surface area contributed by atoms with Gasteiger partial charge in [0, 0.05) is 18.9 Å². The van der Waals surface area contributed by atoms with Crippen molar-refractivity contribution in [3.05, 3.63) is 53.9 Å². The number of carbonyl (C=O) groups is 2. The molecular weight excluding hydrogens is 308 g/mol. The van der Waals surface area contributed by atoms with Gasteiger partial charge in [-0.25, -0.2) is 14.8 Å². The van der Waals surface area contributed by atoms with E-state index in [-0.39, 0.29) is 23.3 Å². The first kappa shape index (κ1) is 16.0. The van der Waals surface area contributed by atoms with Crippen molar-refractivity contribution in [2.24, 2.45) is 0 Å². The number of pyridine rings is 1. The van der Waals surface area contributed by atoms with Crippen LogP contribution in [0.3, 0.4) is 0 Å². The number of rotatable bonds is 3. The topological polar surface area (TPSA) is 96.3 Å². The standard InChI is InChI=1S/C17H18N4O3/c22-16(13-10-20-14(11-19-13)17(23)24)21-9-3-1-2-4-15(21)12-5-7-18-8-6-12/h5-8,10-11,15H,1-4,9H2,(H,23,24). The van der Waals surface area contributed by atoms with Gasteiger partial charge >= 0.3 is 5.97 Å². The molecular formula is C17H18N4O3. The van der Waals surface area contributed by atoms with Crippen molar-refractivity contribution in [3.63, 3.8) is 0 Å². The normalized spacial score (nSPS) is 18.0. The molecule has 0 aliphatic carbocycles. The van der Waals surface area contributed by atoms with Gasteiger partial charge in [-0.3, -0.25) is 9.78 Å². The third-order valence-electron chi connectivity index (χ3n) is 4.19. The second-order valence-corrected chi connectivity index (χ2v) is 5.74. The first-order valence-corrected chi connectivity index (χ1v) is 7.93. The van der Waals surface area contributed by atoms with Gasteiger partial charge in [0.2, 0.25) is 0 Å². The third kappa shape index (κ3) is 3.40. The van der Waals surface area contributed by atoms with Crippen LogP contribution in [0, 0.1) is 0 Å². The number of carboxylic acids is 1. The van der Waals surface area contributed by atoms with E-state index in [1.54, 1.807) is 12.4 Å². The number of carboxylic acid groups (broad SMARTS) is 1. The van der Waals surface area contributed by atoms with Crippen molar-refractivity contribution in [2.75, 3.05) is 6.54 Å². The summed E-state index contributed by atoms with van der Waals surface area (Å²) >= 11 is 0. The van der Waals surface area contributed by atoms with Gasteiger partial charge in [0.15, 0.2) is 5.69 Å². The largest absolute Gasteiger partial charge is 0.476 e. The van der Waals surface area contributed by atoms with Crippen LogP contribution in [0.15, 0.2) is 36.9 Å². The second kappa shape index (κ2) is 7.16. The summed E-state index contributed by atoms with van der Waals surface area (Å²) in [5.74, 6) is -1.38. The number of amides is 1. The summed E-state index contributed by atoms with van der Waals surface area (Å²) in [6, 6.07) is 3.83. The number of aromatic nitrogens is 3. The smallest absolute Gasteiger partial charge is 0.356 e. The van der Waals surface area contributed by atoms with Gasteiger partial charge in [0.05, 0.1) is 18.4 Å². The van der Waals surface area contributed by atoms with Crippen LogP contribution in [0.25, 0.3) is 0 Å². The minimum Gasteiger partial charge on any atom is -0.476 e. The number of hydrogen-bond acceptors (Lipinski definition) is 5. The highest BCUT2D eigenvalue weighted by molar-refractivity contribution is 5.93. The number of nitrogens with zero attached hydrogens (tertiary/aromatic N) is 4. The third-order valence-corrected chi connectivity index (χ3v) is 4.19. The highest BCUT2D eigenvalue weighted by Crippen LogP contribution is 2.30. The quantitative estimate of drug-likeness (QED) is 0.930. The zero-order valence-electron chi connectivity index (χ0n) is 13.1. The van der Waals surface area contributed by atoms with Gasteiger partial charge in [-0.2, -0.15) is 0 Å². The SMILES string of the molecule is O=C(O)c1cnc(C(=O)N2CCCCCC2c2ccncc2)cn1. The fraction of sp³-hybridized carbons (Fsp3) is 0.353. The summed E-state index contributed by atoms with van der Waals surface area (Å²) in [4.78, 5) is 37.4. The lowest BCUT2D eigenvalue weighted by Gasteiger charge is -2.30.